The molecule has 5 atom stereocenters. The van der Waals surface area contributed by atoms with Gasteiger partial charge in [-0.25, -0.2) is 0 Å². The number of amides is 1. The summed E-state index contributed by atoms with van der Waals surface area (Å²) in [6, 6.07) is 3.15. The van der Waals surface area contributed by atoms with Gasteiger partial charge in [0.2, 0.25) is 5.91 Å². The monoisotopic (exact) mass is 370 g/mol. The van der Waals surface area contributed by atoms with Crippen LogP contribution in [-0.4, -0.2) is 34.1 Å². The first-order valence-electron chi connectivity index (χ1n) is 8.76. The van der Waals surface area contributed by atoms with Crippen molar-refractivity contribution in [2.24, 2.45) is 35.3 Å². The maximum atomic E-state index is 13.1. The third-order valence-electron chi connectivity index (χ3n) is 6.13. The summed E-state index contributed by atoms with van der Waals surface area (Å²) in [5.41, 5.74) is 11.5. The van der Waals surface area contributed by atoms with Crippen molar-refractivity contribution in [3.63, 3.8) is 0 Å². The fourth-order valence-corrected chi connectivity index (χ4v) is 4.98. The largest absolute Gasteiger partial charge is 0.505 e. The Balaban J connectivity index is 1.76. The van der Waals surface area contributed by atoms with Gasteiger partial charge in [0.1, 0.15) is 5.75 Å². The lowest BCUT2D eigenvalue weighted by atomic mass is 9.56. The maximum absolute atomic E-state index is 13.1. The Bertz CT molecular complexity index is 936. The van der Waals surface area contributed by atoms with Gasteiger partial charge in [-0.05, 0) is 36.3 Å². The summed E-state index contributed by atoms with van der Waals surface area (Å²) in [6.45, 7) is 0. The zero-order valence-electron chi connectivity index (χ0n) is 14.3. The van der Waals surface area contributed by atoms with Gasteiger partial charge in [0.15, 0.2) is 29.1 Å². The lowest BCUT2D eigenvalue weighted by molar-refractivity contribution is -0.152. The van der Waals surface area contributed by atoms with E-state index in [2.05, 4.69) is 0 Å². The van der Waals surface area contributed by atoms with Gasteiger partial charge in [0, 0.05) is 6.42 Å². The lowest BCUT2D eigenvalue weighted by Gasteiger charge is -2.44. The van der Waals surface area contributed by atoms with Crippen molar-refractivity contribution >= 4 is 34.7 Å². The third-order valence-corrected chi connectivity index (χ3v) is 6.13. The van der Waals surface area contributed by atoms with Crippen molar-refractivity contribution in [3.8, 4) is 5.75 Å². The van der Waals surface area contributed by atoms with Crippen LogP contribution in [0.15, 0.2) is 12.1 Å². The van der Waals surface area contributed by atoms with Crippen molar-refractivity contribution in [1.82, 2.24) is 0 Å². The highest BCUT2D eigenvalue weighted by Gasteiger charge is 2.57. The minimum Gasteiger partial charge on any atom is -0.505 e. The van der Waals surface area contributed by atoms with E-state index in [0.29, 0.717) is 18.4 Å². The molecule has 0 heterocycles. The standard InChI is InChI=1S/C19H18N2O6/c20-9-2-1-6-3-7-4-8-5-10(22)14(19(21)27)18(26)13(8)17(25)12(7)16(24)11(6)15(9)23/h1-2,7-8,12-14,23H,3-5,20H2,(H2,21,27). The number of ketones is 4. The second-order valence-corrected chi connectivity index (χ2v) is 7.63. The summed E-state index contributed by atoms with van der Waals surface area (Å²) in [5.74, 6) is -8.70. The van der Waals surface area contributed by atoms with E-state index in [-0.39, 0.29) is 29.3 Å². The second kappa shape index (κ2) is 5.73. The van der Waals surface area contributed by atoms with Gasteiger partial charge in [-0.1, -0.05) is 6.07 Å². The van der Waals surface area contributed by atoms with Gasteiger partial charge in [-0.15, -0.1) is 0 Å². The number of nitrogen functional groups attached to an aromatic ring is 1. The van der Waals surface area contributed by atoms with Crippen LogP contribution < -0.4 is 11.5 Å². The van der Waals surface area contributed by atoms with E-state index in [0.717, 1.165) is 0 Å². The predicted octanol–water partition coefficient (Wildman–Crippen LogP) is -0.206. The molecule has 3 aliphatic rings. The Morgan fingerprint density at radius 1 is 1.00 bits per heavy atom. The van der Waals surface area contributed by atoms with E-state index < -0.39 is 52.7 Å². The maximum Gasteiger partial charge on any atom is 0.235 e. The normalized spacial score (nSPS) is 32.5. The minimum absolute atomic E-state index is 0.0221. The Labute approximate surface area is 153 Å². The Morgan fingerprint density at radius 3 is 2.33 bits per heavy atom. The molecule has 140 valence electrons. The highest BCUT2D eigenvalue weighted by molar-refractivity contribution is 6.27. The number of hydrogen-bond donors (Lipinski definition) is 3. The number of Topliss-reactive ketones (excluding diaryl/α,β-unsaturated/α-hetero) is 4. The van der Waals surface area contributed by atoms with E-state index in [1.807, 2.05) is 0 Å². The van der Waals surface area contributed by atoms with Crippen LogP contribution in [0.25, 0.3) is 0 Å². The second-order valence-electron chi connectivity index (χ2n) is 7.63. The molecule has 4 rings (SSSR count). The molecule has 5 unspecified atom stereocenters. The average Bonchev–Trinajstić information content (AvgIpc) is 2.57. The number of phenolic OH excluding ortho intramolecular Hbond substituents is 1. The first-order valence-corrected chi connectivity index (χ1v) is 8.76. The SMILES string of the molecule is NC(=O)C1C(=O)CC2CC3Cc4ccc(N)c(O)c4C(=O)C3C(=O)C2C1=O. The average molecular weight is 370 g/mol. The van der Waals surface area contributed by atoms with E-state index in [4.69, 9.17) is 11.5 Å². The predicted molar refractivity (Wildman–Crippen MR) is 91.5 cm³/mol. The number of phenols is 1. The molecule has 27 heavy (non-hydrogen) atoms. The van der Waals surface area contributed by atoms with Crippen LogP contribution in [0.4, 0.5) is 5.69 Å². The molecule has 0 bridgehead atoms. The van der Waals surface area contributed by atoms with E-state index in [1.165, 1.54) is 6.07 Å². The van der Waals surface area contributed by atoms with Crippen LogP contribution >= 0.6 is 0 Å². The number of benzene rings is 1. The smallest absolute Gasteiger partial charge is 0.235 e. The summed E-state index contributed by atoms with van der Waals surface area (Å²) in [6.07, 6.45) is 0.642. The number of anilines is 1. The molecule has 0 spiro atoms. The van der Waals surface area contributed by atoms with Crippen LogP contribution in [0.2, 0.25) is 0 Å². The van der Waals surface area contributed by atoms with Gasteiger partial charge < -0.3 is 16.6 Å². The molecule has 0 radical (unpaired) electrons. The molecule has 3 aliphatic carbocycles. The van der Waals surface area contributed by atoms with Crippen LogP contribution in [0.5, 0.6) is 5.75 Å². The molecule has 8 nitrogen and oxygen atoms in total. The van der Waals surface area contributed by atoms with E-state index in [1.54, 1.807) is 6.07 Å². The Morgan fingerprint density at radius 2 is 1.67 bits per heavy atom. The number of rotatable bonds is 1. The minimum atomic E-state index is -1.62. The van der Waals surface area contributed by atoms with Crippen molar-refractivity contribution in [2.45, 2.75) is 19.3 Å². The molecule has 5 N–H and O–H groups in total. The third kappa shape index (κ3) is 2.32. The highest BCUT2D eigenvalue weighted by atomic mass is 16.3. The van der Waals surface area contributed by atoms with Crippen molar-refractivity contribution in [1.29, 1.82) is 0 Å². The van der Waals surface area contributed by atoms with Gasteiger partial charge in [0.25, 0.3) is 0 Å². The fraction of sp³-hybridized carbons (Fsp3) is 0.421. The van der Waals surface area contributed by atoms with E-state index >= 15 is 0 Å². The fourth-order valence-electron chi connectivity index (χ4n) is 4.98. The van der Waals surface area contributed by atoms with Crippen molar-refractivity contribution in [3.05, 3.63) is 23.3 Å². The summed E-state index contributed by atoms with van der Waals surface area (Å²) in [5, 5.41) is 10.2. The number of primary amides is 1. The van der Waals surface area contributed by atoms with Crippen molar-refractivity contribution < 1.29 is 29.1 Å². The molecule has 2 saturated carbocycles. The van der Waals surface area contributed by atoms with Gasteiger partial charge >= 0.3 is 0 Å². The zero-order chi connectivity index (χ0) is 19.6. The summed E-state index contributed by atoms with van der Waals surface area (Å²) >= 11 is 0. The zero-order valence-corrected chi connectivity index (χ0v) is 14.3. The molecule has 1 amide bonds. The molecule has 2 fully saturated rings. The molecular formula is C19H18N2O6. The number of carbonyl (C=O) groups is 5. The van der Waals surface area contributed by atoms with Crippen LogP contribution in [-0.2, 0) is 25.6 Å². The molecule has 0 saturated heterocycles. The van der Waals surface area contributed by atoms with Crippen LogP contribution in [0.3, 0.4) is 0 Å². The first-order chi connectivity index (χ1) is 12.7. The number of fused-ring (bicyclic) bond motifs is 3. The summed E-state index contributed by atoms with van der Waals surface area (Å²) in [7, 11) is 0. The highest BCUT2D eigenvalue weighted by Crippen LogP contribution is 2.48. The molecule has 8 heteroatoms. The molecule has 1 aromatic rings. The molecular weight excluding hydrogens is 352 g/mol. The first kappa shape index (κ1) is 17.4. The topological polar surface area (TPSA) is 158 Å². The molecule has 1 aromatic carbocycles. The molecule has 0 aromatic heterocycles. The van der Waals surface area contributed by atoms with E-state index in [9.17, 15) is 29.1 Å². The van der Waals surface area contributed by atoms with Gasteiger partial charge in [-0.3, -0.25) is 24.0 Å². The summed E-state index contributed by atoms with van der Waals surface area (Å²) in [4.78, 5) is 62.4. The van der Waals surface area contributed by atoms with Gasteiger partial charge in [-0.2, -0.15) is 0 Å². The number of hydrogen-bond acceptors (Lipinski definition) is 7. The van der Waals surface area contributed by atoms with Crippen molar-refractivity contribution in [2.75, 3.05) is 5.73 Å². The van der Waals surface area contributed by atoms with Crippen LogP contribution in [0.1, 0.15) is 28.8 Å². The lowest BCUT2D eigenvalue weighted by Crippen LogP contribution is -2.56. The molecule has 0 aliphatic heterocycles. The quantitative estimate of drug-likeness (QED) is 0.351. The number of carbonyl (C=O) groups excluding carboxylic acids is 5. The number of nitrogens with two attached hydrogens (primary N) is 2. The Hall–Kier alpha value is -3.03. The number of aromatic hydroxyl groups is 1. The Kier molecular flexibility index (Phi) is 3.69. The van der Waals surface area contributed by atoms with Gasteiger partial charge in [0.05, 0.1) is 23.1 Å². The summed E-state index contributed by atoms with van der Waals surface area (Å²) < 4.78 is 0. The van der Waals surface area contributed by atoms with Crippen LogP contribution in [0, 0.1) is 29.6 Å².